The van der Waals surface area contributed by atoms with E-state index in [-0.39, 0.29) is 23.7 Å². The average Bonchev–Trinajstić information content (AvgIpc) is 2.52. The van der Waals surface area contributed by atoms with E-state index in [1.165, 1.54) is 0 Å². The lowest BCUT2D eigenvalue weighted by Gasteiger charge is -2.31. The van der Waals surface area contributed by atoms with Crippen molar-refractivity contribution in [2.24, 2.45) is 5.92 Å². The molecule has 6 heteroatoms. The first-order valence-electron chi connectivity index (χ1n) is 9.29. The molecular weight excluding hydrogens is 344 g/mol. The molecular formula is C21H30N2O4. The fourth-order valence-electron chi connectivity index (χ4n) is 2.88. The van der Waals surface area contributed by atoms with E-state index in [2.05, 4.69) is 10.6 Å². The maximum absolute atomic E-state index is 12.8. The Morgan fingerprint density at radius 2 is 1.67 bits per heavy atom. The number of hydrogen-bond acceptors (Lipinski definition) is 4. The molecule has 2 N–H and O–H groups in total. The molecule has 6 nitrogen and oxygen atoms in total. The Bertz CT molecular complexity index is 728. The molecule has 148 valence electrons. The number of urea groups is 1. The SMILES string of the molecule is CC(C)OC(=O)C1=C(C(C)C)NC(=O)NC1c1ccc(OC(C)(C)C)cc1. The molecule has 0 aromatic heterocycles. The molecule has 1 aliphatic rings. The van der Waals surface area contributed by atoms with Gasteiger partial charge in [-0.2, -0.15) is 0 Å². The third-order valence-electron chi connectivity index (χ3n) is 3.88. The van der Waals surface area contributed by atoms with Crippen molar-refractivity contribution in [3.8, 4) is 5.75 Å². The Balaban J connectivity index is 2.43. The van der Waals surface area contributed by atoms with Crippen LogP contribution in [-0.4, -0.2) is 23.7 Å². The quantitative estimate of drug-likeness (QED) is 0.762. The van der Waals surface area contributed by atoms with Crippen molar-refractivity contribution in [3.63, 3.8) is 0 Å². The molecule has 1 heterocycles. The molecule has 27 heavy (non-hydrogen) atoms. The maximum Gasteiger partial charge on any atom is 0.338 e. The second-order valence-corrected chi connectivity index (χ2v) is 8.25. The van der Waals surface area contributed by atoms with Gasteiger partial charge in [-0.15, -0.1) is 0 Å². The van der Waals surface area contributed by atoms with Gasteiger partial charge in [0, 0.05) is 5.70 Å². The van der Waals surface area contributed by atoms with Crippen molar-refractivity contribution in [2.75, 3.05) is 0 Å². The third-order valence-corrected chi connectivity index (χ3v) is 3.88. The van der Waals surface area contributed by atoms with Crippen LogP contribution in [0.25, 0.3) is 0 Å². The van der Waals surface area contributed by atoms with Gasteiger partial charge in [0.15, 0.2) is 0 Å². The zero-order valence-electron chi connectivity index (χ0n) is 17.2. The minimum absolute atomic E-state index is 0.0308. The molecule has 2 amide bonds. The van der Waals surface area contributed by atoms with Gasteiger partial charge in [0.25, 0.3) is 0 Å². The molecule has 1 aromatic carbocycles. The van der Waals surface area contributed by atoms with Gasteiger partial charge in [0.05, 0.1) is 17.7 Å². The summed E-state index contributed by atoms with van der Waals surface area (Å²) < 4.78 is 11.3. The Morgan fingerprint density at radius 1 is 1.07 bits per heavy atom. The summed E-state index contributed by atoms with van der Waals surface area (Å²) in [5.41, 5.74) is 1.51. The zero-order chi connectivity index (χ0) is 20.4. The minimum atomic E-state index is -0.578. The summed E-state index contributed by atoms with van der Waals surface area (Å²) in [5, 5.41) is 5.61. The van der Waals surface area contributed by atoms with Gasteiger partial charge in [0.2, 0.25) is 0 Å². The summed E-state index contributed by atoms with van der Waals surface area (Å²) in [4.78, 5) is 24.9. The second-order valence-electron chi connectivity index (χ2n) is 8.25. The van der Waals surface area contributed by atoms with Crippen LogP contribution in [0.4, 0.5) is 4.79 Å². The van der Waals surface area contributed by atoms with Crippen LogP contribution < -0.4 is 15.4 Å². The van der Waals surface area contributed by atoms with Gasteiger partial charge >= 0.3 is 12.0 Å². The molecule has 0 spiro atoms. The van der Waals surface area contributed by atoms with Crippen LogP contribution in [0, 0.1) is 5.92 Å². The predicted molar refractivity (Wildman–Crippen MR) is 104 cm³/mol. The first-order valence-corrected chi connectivity index (χ1v) is 9.29. The standard InChI is InChI=1S/C21H30N2O4/c1-12(2)17-16(19(24)26-13(3)4)18(23-20(25)22-17)14-8-10-15(11-9-14)27-21(5,6)7/h8-13,18H,1-7H3,(H2,22,23,25). The zero-order valence-corrected chi connectivity index (χ0v) is 17.2. The fourth-order valence-corrected chi connectivity index (χ4v) is 2.88. The lowest BCUT2D eigenvalue weighted by molar-refractivity contribution is -0.143. The number of esters is 1. The molecule has 0 saturated heterocycles. The molecule has 0 fully saturated rings. The van der Waals surface area contributed by atoms with Crippen molar-refractivity contribution < 1.29 is 19.1 Å². The van der Waals surface area contributed by atoms with Crippen molar-refractivity contribution in [3.05, 3.63) is 41.1 Å². The Kier molecular flexibility index (Phi) is 6.19. The Hall–Kier alpha value is -2.50. The predicted octanol–water partition coefficient (Wildman–Crippen LogP) is 4.08. The number of hydrogen-bond donors (Lipinski definition) is 2. The average molecular weight is 374 g/mol. The highest BCUT2D eigenvalue weighted by atomic mass is 16.5. The summed E-state index contributed by atoms with van der Waals surface area (Å²) in [6.07, 6.45) is -0.251. The van der Waals surface area contributed by atoms with Crippen LogP contribution in [0.3, 0.4) is 0 Å². The van der Waals surface area contributed by atoms with Crippen molar-refractivity contribution in [2.45, 2.75) is 66.2 Å². The van der Waals surface area contributed by atoms with Crippen LogP contribution in [0.2, 0.25) is 0 Å². The largest absolute Gasteiger partial charge is 0.488 e. The van der Waals surface area contributed by atoms with Crippen LogP contribution in [0.5, 0.6) is 5.75 Å². The van der Waals surface area contributed by atoms with Gasteiger partial charge in [-0.05, 0) is 58.2 Å². The topological polar surface area (TPSA) is 76.7 Å². The van der Waals surface area contributed by atoms with Gasteiger partial charge in [-0.3, -0.25) is 0 Å². The Morgan fingerprint density at radius 3 is 2.15 bits per heavy atom. The number of ether oxygens (including phenoxy) is 2. The number of carbonyl (C=O) groups is 2. The van der Waals surface area contributed by atoms with E-state index in [4.69, 9.17) is 9.47 Å². The summed E-state index contributed by atoms with van der Waals surface area (Å²) in [5.74, 6) is 0.267. The lowest BCUT2D eigenvalue weighted by Crippen LogP contribution is -2.47. The van der Waals surface area contributed by atoms with Crippen molar-refractivity contribution in [1.82, 2.24) is 10.6 Å². The number of rotatable bonds is 5. The second kappa shape index (κ2) is 8.03. The first-order chi connectivity index (χ1) is 12.5. The first kappa shape index (κ1) is 20.8. The van der Waals surface area contributed by atoms with Crippen molar-refractivity contribution >= 4 is 12.0 Å². The number of carbonyl (C=O) groups excluding carboxylic acids is 2. The minimum Gasteiger partial charge on any atom is -0.488 e. The maximum atomic E-state index is 12.8. The van der Waals surface area contributed by atoms with E-state index in [0.717, 1.165) is 11.3 Å². The number of nitrogens with one attached hydrogen (secondary N) is 2. The molecule has 2 rings (SSSR count). The van der Waals surface area contributed by atoms with E-state index in [0.29, 0.717) is 11.3 Å². The normalized spacial score (nSPS) is 17.7. The molecule has 0 aliphatic carbocycles. The van der Waals surface area contributed by atoms with E-state index in [9.17, 15) is 9.59 Å². The van der Waals surface area contributed by atoms with Gasteiger partial charge in [-0.1, -0.05) is 26.0 Å². The van der Waals surface area contributed by atoms with Crippen LogP contribution in [0.15, 0.2) is 35.5 Å². The summed E-state index contributed by atoms with van der Waals surface area (Å²) in [6.45, 7) is 13.4. The highest BCUT2D eigenvalue weighted by Crippen LogP contribution is 2.32. The lowest BCUT2D eigenvalue weighted by atomic mass is 9.91. The monoisotopic (exact) mass is 374 g/mol. The smallest absolute Gasteiger partial charge is 0.338 e. The molecule has 1 unspecified atom stereocenters. The number of benzene rings is 1. The van der Waals surface area contributed by atoms with Gasteiger partial charge in [-0.25, -0.2) is 9.59 Å². The van der Waals surface area contributed by atoms with Gasteiger partial charge in [0.1, 0.15) is 11.4 Å². The van der Waals surface area contributed by atoms with E-state index in [1.807, 2.05) is 58.9 Å². The highest BCUT2D eigenvalue weighted by molar-refractivity contribution is 5.95. The highest BCUT2D eigenvalue weighted by Gasteiger charge is 2.35. The fraction of sp³-hybridized carbons (Fsp3) is 0.524. The summed E-state index contributed by atoms with van der Waals surface area (Å²) in [6, 6.07) is 6.49. The molecule has 1 aromatic rings. The van der Waals surface area contributed by atoms with Gasteiger partial charge < -0.3 is 20.1 Å². The number of amides is 2. The van der Waals surface area contributed by atoms with Crippen LogP contribution in [-0.2, 0) is 9.53 Å². The van der Waals surface area contributed by atoms with Crippen LogP contribution in [0.1, 0.15) is 60.1 Å². The van der Waals surface area contributed by atoms with E-state index in [1.54, 1.807) is 13.8 Å². The van der Waals surface area contributed by atoms with Crippen molar-refractivity contribution in [1.29, 1.82) is 0 Å². The molecule has 0 bridgehead atoms. The summed E-state index contributed by atoms with van der Waals surface area (Å²) in [7, 11) is 0. The van der Waals surface area contributed by atoms with E-state index < -0.39 is 12.0 Å². The third kappa shape index (κ3) is 5.49. The van der Waals surface area contributed by atoms with Crippen LogP contribution >= 0.6 is 0 Å². The number of allylic oxidation sites excluding steroid dienone is 1. The Labute approximate surface area is 161 Å². The molecule has 1 aliphatic heterocycles. The van der Waals surface area contributed by atoms with E-state index >= 15 is 0 Å². The summed E-state index contributed by atoms with van der Waals surface area (Å²) >= 11 is 0. The molecule has 0 radical (unpaired) electrons. The molecule has 1 atom stereocenters. The molecule has 0 saturated carbocycles.